The molecule has 0 nitrogen and oxygen atoms in total. The average molecular weight is 521 g/mol. The summed E-state index contributed by atoms with van der Waals surface area (Å²) in [4.78, 5) is 1.70. The fraction of sp³-hybridized carbons (Fsp3) is 0.886. The van der Waals surface area contributed by atoms with Gasteiger partial charge in [0, 0.05) is 0 Å². The number of allylic oxidation sites excluding steroid dienone is 3. The monoisotopic (exact) mass is 521 g/mol. The van der Waals surface area contributed by atoms with Gasteiger partial charge in [-0.05, 0) is 86.2 Å². The first-order valence-electron chi connectivity index (χ1n) is 16.2. The van der Waals surface area contributed by atoms with Crippen molar-refractivity contribution in [1.82, 2.24) is 0 Å². The zero-order valence-corrected chi connectivity index (χ0v) is 27.0. The average Bonchev–Trinajstić information content (AvgIpc) is 2.79. The van der Waals surface area contributed by atoms with Crippen LogP contribution in [0, 0.1) is 23.7 Å². The van der Waals surface area contributed by atoms with Gasteiger partial charge in [0.15, 0.2) is 0 Å². The Bertz CT molecular complexity index is 515. The van der Waals surface area contributed by atoms with Crippen molar-refractivity contribution in [2.75, 3.05) is 5.75 Å². The topological polar surface area (TPSA) is 0 Å². The van der Waals surface area contributed by atoms with Crippen LogP contribution in [0.5, 0.6) is 0 Å². The van der Waals surface area contributed by atoms with Crippen LogP contribution in [0.1, 0.15) is 170 Å². The summed E-state index contributed by atoms with van der Waals surface area (Å²) in [6.07, 6.45) is 29.1. The Morgan fingerprint density at radius 3 is 1.64 bits per heavy atom. The molecule has 2 atom stereocenters. The van der Waals surface area contributed by atoms with Crippen LogP contribution < -0.4 is 0 Å². The minimum Gasteiger partial charge on any atom is -0.131 e. The maximum absolute atomic E-state index is 4.01. The van der Waals surface area contributed by atoms with Crippen LogP contribution in [0.4, 0.5) is 0 Å². The molecule has 0 spiro atoms. The third-order valence-electron chi connectivity index (χ3n) is 7.52. The highest BCUT2D eigenvalue weighted by Crippen LogP contribution is 2.28. The van der Waals surface area contributed by atoms with Crippen molar-refractivity contribution in [2.45, 2.75) is 170 Å². The van der Waals surface area contributed by atoms with Crippen LogP contribution in [0.2, 0.25) is 0 Å². The molecule has 0 bridgehead atoms. The molecule has 0 heterocycles. The van der Waals surface area contributed by atoms with Crippen molar-refractivity contribution in [2.24, 2.45) is 23.7 Å². The molecule has 0 aliphatic rings. The summed E-state index contributed by atoms with van der Waals surface area (Å²) in [7, 11) is 0. The van der Waals surface area contributed by atoms with Crippen LogP contribution in [0.3, 0.4) is 0 Å². The van der Waals surface area contributed by atoms with E-state index in [9.17, 15) is 0 Å². The van der Waals surface area contributed by atoms with Gasteiger partial charge in [-0.1, -0.05) is 130 Å². The van der Waals surface area contributed by atoms with Crippen molar-refractivity contribution in [1.29, 1.82) is 0 Å². The van der Waals surface area contributed by atoms with Crippen LogP contribution in [-0.4, -0.2) is 5.75 Å². The van der Waals surface area contributed by atoms with E-state index < -0.39 is 0 Å². The van der Waals surface area contributed by atoms with Gasteiger partial charge in [0.1, 0.15) is 0 Å². The highest BCUT2D eigenvalue weighted by atomic mass is 32.2. The standard InChI is InChI=1S/C35H68S/c1-30(2)21-18-16-14-12-10-9-11-13-15-17-19-24-35(26-25-34(8)29-32(5)6)36-28-27-33(7)23-20-22-31(3)4/h26,31-34H,1,9-25,27-29H2,2-8H3/b35-26-. The Balaban J connectivity index is 4.07. The molecule has 0 aromatic heterocycles. The van der Waals surface area contributed by atoms with Gasteiger partial charge >= 0.3 is 0 Å². The Hall–Kier alpha value is -0.170. The molecule has 214 valence electrons. The molecule has 1 heteroatoms. The molecule has 36 heavy (non-hydrogen) atoms. The highest BCUT2D eigenvalue weighted by Gasteiger charge is 2.08. The normalized spacial score (nSPS) is 14.1. The fourth-order valence-corrected chi connectivity index (χ4v) is 6.48. The Morgan fingerprint density at radius 2 is 1.14 bits per heavy atom. The largest absolute Gasteiger partial charge is 0.131 e. The second-order valence-corrected chi connectivity index (χ2v) is 14.3. The second kappa shape index (κ2) is 25.1. The summed E-state index contributed by atoms with van der Waals surface area (Å²) in [5.74, 6) is 4.70. The molecule has 0 saturated heterocycles. The summed E-state index contributed by atoms with van der Waals surface area (Å²) in [5.41, 5.74) is 1.35. The van der Waals surface area contributed by atoms with Gasteiger partial charge in [0.2, 0.25) is 0 Å². The fourth-order valence-electron chi connectivity index (χ4n) is 5.19. The predicted octanol–water partition coefficient (Wildman–Crippen LogP) is 13.2. The quantitative estimate of drug-likeness (QED) is 0.0807. The van der Waals surface area contributed by atoms with Gasteiger partial charge < -0.3 is 0 Å². The number of rotatable bonds is 26. The lowest BCUT2D eigenvalue weighted by Gasteiger charge is -2.15. The minimum absolute atomic E-state index is 0.817. The molecule has 2 unspecified atom stereocenters. The van der Waals surface area contributed by atoms with Gasteiger partial charge in [-0.25, -0.2) is 0 Å². The van der Waals surface area contributed by atoms with Crippen molar-refractivity contribution in [3.8, 4) is 0 Å². The first-order valence-corrected chi connectivity index (χ1v) is 17.1. The van der Waals surface area contributed by atoms with Gasteiger partial charge in [0.05, 0.1) is 0 Å². The summed E-state index contributed by atoms with van der Waals surface area (Å²) in [5, 5.41) is 0. The molecule has 0 N–H and O–H groups in total. The number of hydrogen-bond acceptors (Lipinski definition) is 1. The van der Waals surface area contributed by atoms with Crippen LogP contribution in [-0.2, 0) is 0 Å². The SMILES string of the molecule is C=C(C)CCCCCCCCCCCCC/C(=C/CC(C)CC(C)C)SCCC(C)CCCC(C)C. The van der Waals surface area contributed by atoms with Crippen LogP contribution >= 0.6 is 11.8 Å². The first kappa shape index (κ1) is 35.8. The Labute approximate surface area is 234 Å². The van der Waals surface area contributed by atoms with Gasteiger partial charge in [0.25, 0.3) is 0 Å². The molecule has 0 aliphatic heterocycles. The summed E-state index contributed by atoms with van der Waals surface area (Å²) < 4.78 is 0. The number of unbranched alkanes of at least 4 members (excludes halogenated alkanes) is 10. The van der Waals surface area contributed by atoms with Gasteiger partial charge in [-0.15, -0.1) is 18.3 Å². The summed E-state index contributed by atoms with van der Waals surface area (Å²) in [6, 6.07) is 0. The molecule has 0 aliphatic carbocycles. The predicted molar refractivity (Wildman–Crippen MR) is 171 cm³/mol. The van der Waals surface area contributed by atoms with Crippen LogP contribution in [0.25, 0.3) is 0 Å². The van der Waals surface area contributed by atoms with E-state index >= 15 is 0 Å². The van der Waals surface area contributed by atoms with Gasteiger partial charge in [-0.3, -0.25) is 0 Å². The van der Waals surface area contributed by atoms with Crippen molar-refractivity contribution < 1.29 is 0 Å². The molecule has 0 radical (unpaired) electrons. The molecule has 0 fully saturated rings. The maximum Gasteiger partial charge on any atom is -0.00208 e. The van der Waals surface area contributed by atoms with Gasteiger partial charge in [-0.2, -0.15) is 0 Å². The molecular weight excluding hydrogens is 452 g/mol. The third kappa shape index (κ3) is 26.9. The minimum atomic E-state index is 0.817. The van der Waals surface area contributed by atoms with E-state index in [-0.39, 0.29) is 0 Å². The van der Waals surface area contributed by atoms with Crippen molar-refractivity contribution >= 4 is 11.8 Å². The van der Waals surface area contributed by atoms with Crippen molar-refractivity contribution in [3.05, 3.63) is 23.1 Å². The van der Waals surface area contributed by atoms with E-state index in [1.165, 1.54) is 133 Å². The lowest BCUT2D eigenvalue weighted by Crippen LogP contribution is -2.00. The zero-order chi connectivity index (χ0) is 27.0. The highest BCUT2D eigenvalue weighted by molar-refractivity contribution is 8.03. The molecular formula is C35H68S. The Kier molecular flexibility index (Phi) is 25.0. The van der Waals surface area contributed by atoms with Crippen molar-refractivity contribution in [3.63, 3.8) is 0 Å². The maximum atomic E-state index is 4.01. The molecule has 0 aromatic carbocycles. The lowest BCUT2D eigenvalue weighted by atomic mass is 9.96. The van der Waals surface area contributed by atoms with E-state index in [0.717, 1.165) is 23.7 Å². The zero-order valence-electron chi connectivity index (χ0n) is 26.1. The second-order valence-electron chi connectivity index (χ2n) is 13.1. The molecule has 0 amide bonds. The van der Waals surface area contributed by atoms with Crippen LogP contribution in [0.15, 0.2) is 23.1 Å². The summed E-state index contributed by atoms with van der Waals surface area (Å²) >= 11 is 2.19. The smallest absolute Gasteiger partial charge is 0.00208 e. The number of hydrogen-bond donors (Lipinski definition) is 0. The summed E-state index contributed by atoms with van der Waals surface area (Å²) in [6.45, 7) is 20.5. The Morgan fingerprint density at radius 1 is 0.611 bits per heavy atom. The van der Waals surface area contributed by atoms with E-state index in [1.54, 1.807) is 4.91 Å². The molecule has 0 aromatic rings. The van der Waals surface area contributed by atoms with E-state index in [1.807, 2.05) is 0 Å². The molecule has 0 saturated carbocycles. The lowest BCUT2D eigenvalue weighted by molar-refractivity contribution is 0.442. The number of thioether (sulfide) groups is 1. The molecule has 0 rings (SSSR count). The van der Waals surface area contributed by atoms with E-state index in [0.29, 0.717) is 0 Å². The first-order chi connectivity index (χ1) is 17.2. The van der Waals surface area contributed by atoms with E-state index in [2.05, 4.69) is 72.9 Å². The third-order valence-corrected chi connectivity index (χ3v) is 8.71. The van der Waals surface area contributed by atoms with E-state index in [4.69, 9.17) is 0 Å².